The Bertz CT molecular complexity index is 1050. The first-order valence-electron chi connectivity index (χ1n) is 8.75. The minimum absolute atomic E-state index is 0. The molecule has 1 nitrogen and oxygen atoms in total. The molecule has 0 unspecified atom stereocenters. The number of halogens is 6. The zero-order valence-electron chi connectivity index (χ0n) is 15.9. The quantitative estimate of drug-likeness (QED) is 0.193. The smallest absolute Gasteiger partial charge is 0.0264 e. The average Bonchev–Trinajstić information content (AvgIpc) is 2.70. The maximum atomic E-state index is 3.56. The lowest BCUT2D eigenvalue weighted by Gasteiger charge is -2.05. The summed E-state index contributed by atoms with van der Waals surface area (Å²) in [6.07, 6.45) is 0. The highest BCUT2D eigenvalue weighted by atomic mass is 79.9. The van der Waals surface area contributed by atoms with Crippen molar-refractivity contribution in [3.05, 3.63) is 112 Å². The molecule has 0 aliphatic carbocycles. The first kappa shape index (κ1) is 27.0. The molecule has 0 aliphatic rings. The van der Waals surface area contributed by atoms with Crippen LogP contribution in [0.1, 0.15) is 0 Å². The summed E-state index contributed by atoms with van der Waals surface area (Å²) in [5, 5.41) is 0. The predicted molar refractivity (Wildman–Crippen MR) is 154 cm³/mol. The van der Waals surface area contributed by atoms with Crippen LogP contribution in [0.5, 0.6) is 0 Å². The number of hydrogen-bond donors (Lipinski definition) is 0. The molecule has 0 amide bonds. The molecule has 2 N–H and O–H groups in total. The van der Waals surface area contributed by atoms with Crippen LogP contribution in [-0.2, 0) is 0 Å². The lowest BCUT2D eigenvalue weighted by Crippen LogP contribution is -1.79. The van der Waals surface area contributed by atoms with E-state index in [-0.39, 0.29) is 5.48 Å². The van der Waals surface area contributed by atoms with Crippen LogP contribution in [0.2, 0.25) is 0 Å². The van der Waals surface area contributed by atoms with Gasteiger partial charge in [-0.2, -0.15) is 0 Å². The maximum Gasteiger partial charge on any atom is 0.0264 e. The summed E-state index contributed by atoms with van der Waals surface area (Å²) < 4.78 is 6.54. The van der Waals surface area contributed by atoms with Gasteiger partial charge >= 0.3 is 0 Å². The van der Waals surface area contributed by atoms with E-state index in [1.807, 2.05) is 36.4 Å². The van der Waals surface area contributed by atoms with Gasteiger partial charge in [0, 0.05) is 26.8 Å². The monoisotopic (exact) mass is 794 g/mol. The van der Waals surface area contributed by atoms with E-state index in [1.54, 1.807) is 0 Å². The molecule has 0 saturated carbocycles. The third-order valence-electron chi connectivity index (χ3n) is 4.17. The summed E-state index contributed by atoms with van der Waals surface area (Å²) in [5.41, 5.74) is 4.81. The van der Waals surface area contributed by atoms with Crippen molar-refractivity contribution in [2.45, 2.75) is 0 Å². The Morgan fingerprint density at radius 3 is 0.935 bits per heavy atom. The average molecular weight is 800 g/mol. The molecule has 0 aromatic heterocycles. The Kier molecular flexibility index (Phi) is 11.2. The summed E-state index contributed by atoms with van der Waals surface area (Å²) in [7, 11) is 0. The molecule has 0 heterocycles. The Balaban J connectivity index is 0.000000213. The van der Waals surface area contributed by atoms with E-state index < -0.39 is 0 Å². The highest BCUT2D eigenvalue weighted by Gasteiger charge is 2.04. The van der Waals surface area contributed by atoms with E-state index in [0.29, 0.717) is 0 Å². The van der Waals surface area contributed by atoms with Crippen LogP contribution in [0.3, 0.4) is 0 Å². The molecule has 160 valence electrons. The van der Waals surface area contributed by atoms with E-state index in [1.165, 1.54) is 22.3 Å². The molecule has 0 saturated heterocycles. The van der Waals surface area contributed by atoms with Crippen LogP contribution in [-0.4, -0.2) is 5.48 Å². The normalized spacial score (nSPS) is 10.0. The van der Waals surface area contributed by atoms with Crippen LogP contribution >= 0.6 is 95.6 Å². The van der Waals surface area contributed by atoms with Gasteiger partial charge in [-0.25, -0.2) is 0 Å². The highest BCUT2D eigenvalue weighted by Crippen LogP contribution is 2.32. The third-order valence-corrected chi connectivity index (χ3v) is 7.53. The summed E-state index contributed by atoms with van der Waals surface area (Å²) in [5.74, 6) is 0. The standard InChI is InChI=1S/2C12H7Br3.H2O/c2*13-9-3-1-8(2-4-9)11-6-5-10(14)7-12(11)15;/h2*1-7H;1H2. The Labute approximate surface area is 232 Å². The van der Waals surface area contributed by atoms with Gasteiger partial charge in [-0.05, 0) is 70.8 Å². The zero-order valence-corrected chi connectivity index (χ0v) is 25.4. The van der Waals surface area contributed by atoms with Gasteiger partial charge in [-0.15, -0.1) is 0 Å². The molecule has 0 radical (unpaired) electrons. The van der Waals surface area contributed by atoms with E-state index in [9.17, 15) is 0 Å². The van der Waals surface area contributed by atoms with Crippen LogP contribution in [0.25, 0.3) is 22.3 Å². The Hall–Kier alpha value is -0.280. The molecule has 0 aliphatic heterocycles. The van der Waals surface area contributed by atoms with Crippen LogP contribution in [0, 0.1) is 0 Å². The van der Waals surface area contributed by atoms with Gasteiger partial charge in [0.05, 0.1) is 0 Å². The molecule has 4 rings (SSSR count). The lowest BCUT2D eigenvalue weighted by atomic mass is 10.1. The fourth-order valence-electron chi connectivity index (χ4n) is 2.71. The van der Waals surface area contributed by atoms with Crippen LogP contribution < -0.4 is 0 Å². The van der Waals surface area contributed by atoms with Crippen molar-refractivity contribution in [1.82, 2.24) is 0 Å². The molecule has 0 atom stereocenters. The number of benzene rings is 4. The number of hydrogen-bond acceptors (Lipinski definition) is 0. The Morgan fingerprint density at radius 1 is 0.355 bits per heavy atom. The van der Waals surface area contributed by atoms with E-state index >= 15 is 0 Å². The second-order valence-electron chi connectivity index (χ2n) is 6.26. The van der Waals surface area contributed by atoms with Crippen molar-refractivity contribution in [3.63, 3.8) is 0 Å². The second kappa shape index (κ2) is 12.8. The molecular formula is C24H16Br6O. The first-order chi connectivity index (χ1) is 14.3. The fraction of sp³-hybridized carbons (Fsp3) is 0. The lowest BCUT2D eigenvalue weighted by molar-refractivity contribution is 0.824. The summed E-state index contributed by atoms with van der Waals surface area (Å²) in [6.45, 7) is 0. The Morgan fingerprint density at radius 2 is 0.645 bits per heavy atom. The van der Waals surface area contributed by atoms with Crippen LogP contribution in [0.15, 0.2) is 112 Å². The van der Waals surface area contributed by atoms with Gasteiger partial charge < -0.3 is 5.48 Å². The molecule has 0 bridgehead atoms. The minimum Gasteiger partial charge on any atom is -0.412 e. The van der Waals surface area contributed by atoms with Crippen molar-refractivity contribution >= 4 is 95.6 Å². The molecule has 0 fully saturated rings. The van der Waals surface area contributed by atoms with E-state index in [0.717, 1.165) is 26.8 Å². The molecule has 31 heavy (non-hydrogen) atoms. The predicted octanol–water partition coefficient (Wildman–Crippen LogP) is 10.5. The van der Waals surface area contributed by atoms with Gasteiger partial charge in [0.1, 0.15) is 0 Å². The van der Waals surface area contributed by atoms with Gasteiger partial charge in [0.25, 0.3) is 0 Å². The highest BCUT2D eigenvalue weighted by molar-refractivity contribution is 9.11. The van der Waals surface area contributed by atoms with E-state index in [2.05, 4.69) is 144 Å². The van der Waals surface area contributed by atoms with Gasteiger partial charge in [0.15, 0.2) is 0 Å². The van der Waals surface area contributed by atoms with Gasteiger partial charge in [0.2, 0.25) is 0 Å². The maximum absolute atomic E-state index is 3.56. The van der Waals surface area contributed by atoms with E-state index in [4.69, 9.17) is 0 Å². The SMILES string of the molecule is Brc1ccc(-c2ccc(Br)cc2Br)cc1.Brc1ccc(-c2ccc(Br)cc2Br)cc1.O. The molecule has 7 heteroatoms. The van der Waals surface area contributed by atoms with Gasteiger partial charge in [-0.1, -0.05) is 132 Å². The van der Waals surface area contributed by atoms with Crippen molar-refractivity contribution in [2.75, 3.05) is 0 Å². The molecular weight excluding hydrogens is 784 g/mol. The largest absolute Gasteiger partial charge is 0.412 e. The van der Waals surface area contributed by atoms with Gasteiger partial charge in [-0.3, -0.25) is 0 Å². The summed E-state index contributed by atoms with van der Waals surface area (Å²) >= 11 is 20.9. The molecule has 4 aromatic rings. The summed E-state index contributed by atoms with van der Waals surface area (Å²) in [4.78, 5) is 0. The zero-order chi connectivity index (χ0) is 21.7. The third kappa shape index (κ3) is 7.91. The van der Waals surface area contributed by atoms with Crippen molar-refractivity contribution in [1.29, 1.82) is 0 Å². The first-order valence-corrected chi connectivity index (χ1v) is 13.5. The molecule has 0 spiro atoms. The second-order valence-corrected chi connectivity index (χ2v) is 11.6. The molecule has 4 aromatic carbocycles. The summed E-state index contributed by atoms with van der Waals surface area (Å²) in [6, 6.07) is 28.9. The van der Waals surface area contributed by atoms with Crippen molar-refractivity contribution < 1.29 is 5.48 Å². The minimum atomic E-state index is 0. The number of rotatable bonds is 2. The van der Waals surface area contributed by atoms with Crippen molar-refractivity contribution in [2.24, 2.45) is 0 Å². The topological polar surface area (TPSA) is 31.5 Å². The fourth-order valence-corrected chi connectivity index (χ4v) is 5.79. The van der Waals surface area contributed by atoms with Crippen molar-refractivity contribution in [3.8, 4) is 22.3 Å². The van der Waals surface area contributed by atoms with Crippen LogP contribution in [0.4, 0.5) is 0 Å².